The average molecular weight is 194 g/mol. The lowest BCUT2D eigenvalue weighted by Gasteiger charge is -2.26. The van der Waals surface area contributed by atoms with E-state index >= 15 is 0 Å². The second kappa shape index (κ2) is 5.11. The van der Waals surface area contributed by atoms with Gasteiger partial charge in [0.2, 0.25) is 0 Å². The third-order valence-electron chi connectivity index (χ3n) is 2.48. The molecule has 2 nitrogen and oxygen atoms in total. The summed E-state index contributed by atoms with van der Waals surface area (Å²) < 4.78 is 5.13. The molecule has 0 amide bonds. The SMILES string of the molecule is CCCC(=O)C1(COC)C=CCC=C1. The fraction of sp³-hybridized carbons (Fsp3) is 0.583. The van der Waals surface area contributed by atoms with E-state index in [-0.39, 0.29) is 5.78 Å². The molecule has 0 spiro atoms. The molecule has 0 saturated carbocycles. The summed E-state index contributed by atoms with van der Waals surface area (Å²) in [5.41, 5.74) is -0.483. The van der Waals surface area contributed by atoms with Crippen LogP contribution in [0.1, 0.15) is 26.2 Å². The first kappa shape index (κ1) is 11.2. The number of ketones is 1. The minimum atomic E-state index is -0.483. The molecule has 2 heteroatoms. The predicted octanol–water partition coefficient (Wildman–Crippen LogP) is 2.50. The van der Waals surface area contributed by atoms with Crippen LogP contribution in [0.3, 0.4) is 0 Å². The number of methoxy groups -OCH3 is 1. The molecule has 0 aliphatic heterocycles. The Balaban J connectivity index is 2.80. The first-order chi connectivity index (χ1) is 6.75. The molecule has 0 heterocycles. The number of carbonyl (C=O) groups is 1. The highest BCUT2D eigenvalue weighted by Crippen LogP contribution is 2.28. The first-order valence-electron chi connectivity index (χ1n) is 5.13. The van der Waals surface area contributed by atoms with E-state index < -0.39 is 5.41 Å². The number of Topliss-reactive ketones (excluding diaryl/α,β-unsaturated/α-hetero) is 1. The highest BCUT2D eigenvalue weighted by molar-refractivity contribution is 5.89. The van der Waals surface area contributed by atoms with Crippen molar-refractivity contribution in [3.05, 3.63) is 24.3 Å². The molecule has 0 atom stereocenters. The minimum Gasteiger partial charge on any atom is -0.383 e. The van der Waals surface area contributed by atoms with Crippen LogP contribution in [0.25, 0.3) is 0 Å². The van der Waals surface area contributed by atoms with Gasteiger partial charge in [-0.05, 0) is 12.8 Å². The molecule has 0 bridgehead atoms. The molecule has 0 unspecified atom stereocenters. The van der Waals surface area contributed by atoms with E-state index in [1.807, 2.05) is 31.2 Å². The first-order valence-corrected chi connectivity index (χ1v) is 5.13. The Morgan fingerprint density at radius 3 is 2.57 bits per heavy atom. The van der Waals surface area contributed by atoms with E-state index in [1.165, 1.54) is 0 Å². The maximum Gasteiger partial charge on any atom is 0.148 e. The Morgan fingerprint density at radius 1 is 1.43 bits per heavy atom. The maximum absolute atomic E-state index is 11.9. The van der Waals surface area contributed by atoms with E-state index in [4.69, 9.17) is 4.74 Å². The predicted molar refractivity (Wildman–Crippen MR) is 57.1 cm³/mol. The maximum atomic E-state index is 11.9. The lowest BCUT2D eigenvalue weighted by molar-refractivity contribution is -0.126. The van der Waals surface area contributed by atoms with Crippen LogP contribution < -0.4 is 0 Å². The molecule has 0 radical (unpaired) electrons. The number of hydrogen-bond donors (Lipinski definition) is 0. The number of allylic oxidation sites excluding steroid dienone is 2. The third kappa shape index (κ3) is 2.32. The van der Waals surface area contributed by atoms with Gasteiger partial charge in [-0.15, -0.1) is 0 Å². The molecule has 0 aromatic rings. The molecular weight excluding hydrogens is 176 g/mol. The summed E-state index contributed by atoms with van der Waals surface area (Å²) in [4.78, 5) is 11.9. The zero-order chi connectivity index (χ0) is 10.4. The van der Waals surface area contributed by atoms with E-state index in [9.17, 15) is 4.79 Å². The number of carbonyl (C=O) groups excluding carboxylic acids is 1. The van der Waals surface area contributed by atoms with Crippen molar-refractivity contribution in [2.45, 2.75) is 26.2 Å². The molecular formula is C12H18O2. The Labute approximate surface area is 85.6 Å². The van der Waals surface area contributed by atoms with Crippen LogP contribution in [0.2, 0.25) is 0 Å². The monoisotopic (exact) mass is 194 g/mol. The number of ether oxygens (including phenoxy) is 1. The van der Waals surface area contributed by atoms with Gasteiger partial charge in [-0.25, -0.2) is 0 Å². The van der Waals surface area contributed by atoms with Gasteiger partial charge in [0.15, 0.2) is 0 Å². The molecule has 1 aliphatic rings. The summed E-state index contributed by atoms with van der Waals surface area (Å²) in [7, 11) is 1.64. The Kier molecular flexibility index (Phi) is 4.08. The van der Waals surface area contributed by atoms with E-state index in [2.05, 4.69) is 0 Å². The van der Waals surface area contributed by atoms with E-state index in [0.717, 1.165) is 12.8 Å². The lowest BCUT2D eigenvalue weighted by Crippen LogP contribution is -2.32. The smallest absolute Gasteiger partial charge is 0.148 e. The molecule has 0 aromatic carbocycles. The van der Waals surface area contributed by atoms with Crippen molar-refractivity contribution in [3.63, 3.8) is 0 Å². The van der Waals surface area contributed by atoms with Crippen LogP contribution in [-0.2, 0) is 9.53 Å². The molecule has 14 heavy (non-hydrogen) atoms. The highest BCUT2D eigenvalue weighted by atomic mass is 16.5. The Bertz CT molecular complexity index is 239. The second-order valence-corrected chi connectivity index (χ2v) is 3.69. The largest absolute Gasteiger partial charge is 0.383 e. The van der Waals surface area contributed by atoms with Crippen LogP contribution in [-0.4, -0.2) is 19.5 Å². The van der Waals surface area contributed by atoms with Crippen molar-refractivity contribution in [3.8, 4) is 0 Å². The van der Waals surface area contributed by atoms with Gasteiger partial charge < -0.3 is 4.74 Å². The molecule has 0 fully saturated rings. The van der Waals surface area contributed by atoms with Crippen molar-refractivity contribution in [2.24, 2.45) is 5.41 Å². The summed E-state index contributed by atoms with van der Waals surface area (Å²) in [6.07, 6.45) is 10.5. The van der Waals surface area contributed by atoms with Gasteiger partial charge >= 0.3 is 0 Å². The van der Waals surface area contributed by atoms with Gasteiger partial charge in [0.05, 0.1) is 12.0 Å². The van der Waals surface area contributed by atoms with Gasteiger partial charge in [0.1, 0.15) is 5.78 Å². The summed E-state index contributed by atoms with van der Waals surface area (Å²) in [6.45, 7) is 2.48. The van der Waals surface area contributed by atoms with Gasteiger partial charge in [0.25, 0.3) is 0 Å². The zero-order valence-corrected chi connectivity index (χ0v) is 8.95. The number of hydrogen-bond acceptors (Lipinski definition) is 2. The molecule has 1 aliphatic carbocycles. The topological polar surface area (TPSA) is 26.3 Å². The number of rotatable bonds is 5. The average Bonchev–Trinajstić information content (AvgIpc) is 2.20. The fourth-order valence-corrected chi connectivity index (χ4v) is 1.75. The molecule has 0 N–H and O–H groups in total. The quantitative estimate of drug-likeness (QED) is 0.628. The summed E-state index contributed by atoms with van der Waals surface area (Å²) >= 11 is 0. The Morgan fingerprint density at radius 2 is 2.07 bits per heavy atom. The van der Waals surface area contributed by atoms with Crippen LogP contribution in [0, 0.1) is 5.41 Å². The molecule has 0 saturated heterocycles. The van der Waals surface area contributed by atoms with Crippen molar-refractivity contribution < 1.29 is 9.53 Å². The highest BCUT2D eigenvalue weighted by Gasteiger charge is 2.32. The van der Waals surface area contributed by atoms with E-state index in [1.54, 1.807) is 7.11 Å². The molecule has 1 rings (SSSR count). The molecule has 78 valence electrons. The Hall–Kier alpha value is -0.890. The summed E-state index contributed by atoms with van der Waals surface area (Å²) in [5.74, 6) is 0.258. The summed E-state index contributed by atoms with van der Waals surface area (Å²) in [6, 6.07) is 0. The van der Waals surface area contributed by atoms with Gasteiger partial charge in [-0.1, -0.05) is 31.2 Å². The molecule has 0 aromatic heterocycles. The summed E-state index contributed by atoms with van der Waals surface area (Å²) in [5, 5.41) is 0. The zero-order valence-electron chi connectivity index (χ0n) is 8.95. The standard InChI is InChI=1S/C12H18O2/c1-3-7-11(13)12(10-14-2)8-5-4-6-9-12/h5-6,8-9H,3-4,7,10H2,1-2H3. The van der Waals surface area contributed by atoms with Gasteiger partial charge in [-0.2, -0.15) is 0 Å². The van der Waals surface area contributed by atoms with Crippen molar-refractivity contribution in [1.29, 1.82) is 0 Å². The second-order valence-electron chi connectivity index (χ2n) is 3.69. The van der Waals surface area contributed by atoms with Crippen LogP contribution in [0.5, 0.6) is 0 Å². The van der Waals surface area contributed by atoms with Crippen LogP contribution >= 0.6 is 0 Å². The van der Waals surface area contributed by atoms with Crippen molar-refractivity contribution in [1.82, 2.24) is 0 Å². The van der Waals surface area contributed by atoms with Crippen molar-refractivity contribution >= 4 is 5.78 Å². The van der Waals surface area contributed by atoms with E-state index in [0.29, 0.717) is 13.0 Å². The van der Waals surface area contributed by atoms with Crippen LogP contribution in [0.4, 0.5) is 0 Å². The minimum absolute atomic E-state index is 0.258. The third-order valence-corrected chi connectivity index (χ3v) is 2.48. The van der Waals surface area contributed by atoms with Gasteiger partial charge in [0, 0.05) is 13.5 Å². The normalized spacial score (nSPS) is 18.4. The lowest BCUT2D eigenvalue weighted by atomic mass is 9.79. The van der Waals surface area contributed by atoms with Crippen LogP contribution in [0.15, 0.2) is 24.3 Å². The van der Waals surface area contributed by atoms with Crippen molar-refractivity contribution in [2.75, 3.05) is 13.7 Å². The van der Waals surface area contributed by atoms with Gasteiger partial charge in [-0.3, -0.25) is 4.79 Å². The fourth-order valence-electron chi connectivity index (χ4n) is 1.75.